The van der Waals surface area contributed by atoms with E-state index in [0.717, 1.165) is 30.7 Å². The van der Waals surface area contributed by atoms with Gasteiger partial charge in [-0.05, 0) is 23.3 Å². The summed E-state index contributed by atoms with van der Waals surface area (Å²) in [5.74, 6) is 0.0411. The number of pyridine rings is 1. The molecule has 21 heavy (non-hydrogen) atoms. The van der Waals surface area contributed by atoms with E-state index in [0.29, 0.717) is 5.69 Å². The Kier molecular flexibility index (Phi) is 3.36. The maximum atomic E-state index is 12.5. The van der Waals surface area contributed by atoms with E-state index in [1.165, 1.54) is 11.5 Å². The Morgan fingerprint density at radius 3 is 2.57 bits per heavy atom. The molecule has 0 spiro atoms. The van der Waals surface area contributed by atoms with Gasteiger partial charge in [0.2, 0.25) is 0 Å². The van der Waals surface area contributed by atoms with E-state index < -0.39 is 11.7 Å². The molecule has 0 fully saturated rings. The van der Waals surface area contributed by atoms with Crippen LogP contribution in [0.25, 0.3) is 5.57 Å². The van der Waals surface area contributed by atoms with Gasteiger partial charge in [-0.25, -0.2) is 0 Å². The van der Waals surface area contributed by atoms with Crippen molar-refractivity contribution in [3.8, 4) is 0 Å². The molecule has 1 aliphatic rings. The second-order valence-corrected chi connectivity index (χ2v) is 5.12. The lowest BCUT2D eigenvalue weighted by atomic mass is 9.73. The molecule has 0 aliphatic heterocycles. The Morgan fingerprint density at radius 2 is 1.95 bits per heavy atom. The van der Waals surface area contributed by atoms with Crippen LogP contribution in [0.3, 0.4) is 0 Å². The van der Waals surface area contributed by atoms with Gasteiger partial charge in [0.25, 0.3) is 0 Å². The topological polar surface area (TPSA) is 12.9 Å². The van der Waals surface area contributed by atoms with E-state index >= 15 is 0 Å². The first-order valence-corrected chi connectivity index (χ1v) is 6.83. The SMILES string of the molecule is CBc1cccc(C2=CC2c2ccc(C(F)(F)F)cn2)c1. The molecule has 1 heterocycles. The third kappa shape index (κ3) is 2.87. The summed E-state index contributed by atoms with van der Waals surface area (Å²) in [7, 11) is 0.963. The Labute approximate surface area is 121 Å². The number of hydrogen-bond acceptors (Lipinski definition) is 1. The zero-order chi connectivity index (χ0) is 15.0. The van der Waals surface area contributed by atoms with Crippen LogP contribution in [-0.4, -0.2) is 12.3 Å². The second-order valence-electron chi connectivity index (χ2n) is 5.12. The Balaban J connectivity index is 1.76. The molecule has 2 aromatic rings. The lowest BCUT2D eigenvalue weighted by Gasteiger charge is -2.07. The van der Waals surface area contributed by atoms with Gasteiger partial charge in [-0.15, -0.1) is 0 Å². The lowest BCUT2D eigenvalue weighted by Crippen LogP contribution is -2.09. The highest BCUT2D eigenvalue weighted by atomic mass is 19.4. The maximum absolute atomic E-state index is 12.5. The maximum Gasteiger partial charge on any atom is 0.417 e. The van der Waals surface area contributed by atoms with Gasteiger partial charge in [0, 0.05) is 12.1 Å². The summed E-state index contributed by atoms with van der Waals surface area (Å²) in [5, 5.41) is 0. The molecule has 1 unspecified atom stereocenters. The monoisotopic (exact) mass is 287 g/mol. The first-order chi connectivity index (χ1) is 9.99. The fourth-order valence-corrected chi connectivity index (χ4v) is 2.38. The van der Waals surface area contributed by atoms with E-state index in [1.54, 1.807) is 0 Å². The number of allylic oxidation sites excluding steroid dienone is 2. The van der Waals surface area contributed by atoms with Gasteiger partial charge in [0.1, 0.15) is 0 Å². The van der Waals surface area contributed by atoms with E-state index in [-0.39, 0.29) is 5.92 Å². The molecule has 3 rings (SSSR count). The Hall–Kier alpha value is -2.04. The van der Waals surface area contributed by atoms with Crippen LogP contribution in [0.15, 0.2) is 48.7 Å². The minimum atomic E-state index is -4.33. The molecule has 0 radical (unpaired) electrons. The number of hydrogen-bond donors (Lipinski definition) is 0. The summed E-state index contributed by atoms with van der Waals surface area (Å²) in [6, 6.07) is 10.8. The van der Waals surface area contributed by atoms with Crippen LogP contribution in [0.1, 0.15) is 22.7 Å². The molecule has 1 aliphatic carbocycles. The van der Waals surface area contributed by atoms with Gasteiger partial charge >= 0.3 is 6.18 Å². The van der Waals surface area contributed by atoms with E-state index in [1.807, 2.05) is 18.2 Å². The van der Waals surface area contributed by atoms with Crippen LogP contribution < -0.4 is 5.46 Å². The van der Waals surface area contributed by atoms with Crippen LogP contribution in [-0.2, 0) is 6.18 Å². The summed E-state index contributed by atoms with van der Waals surface area (Å²) in [5.41, 5.74) is 3.47. The van der Waals surface area contributed by atoms with E-state index in [9.17, 15) is 13.2 Å². The molecular weight excluding hydrogens is 274 g/mol. The number of benzene rings is 1. The number of alkyl halides is 3. The molecule has 0 saturated carbocycles. The van der Waals surface area contributed by atoms with Gasteiger partial charge in [-0.2, -0.15) is 13.2 Å². The summed E-state index contributed by atoms with van der Waals surface area (Å²) in [6.45, 7) is 2.09. The highest BCUT2D eigenvalue weighted by molar-refractivity contribution is 6.52. The van der Waals surface area contributed by atoms with Gasteiger partial charge in [0.15, 0.2) is 7.28 Å². The molecule has 0 N–H and O–H groups in total. The zero-order valence-corrected chi connectivity index (χ0v) is 11.5. The van der Waals surface area contributed by atoms with Crippen molar-refractivity contribution in [1.82, 2.24) is 4.98 Å². The van der Waals surface area contributed by atoms with Crippen molar-refractivity contribution < 1.29 is 13.2 Å². The third-order valence-electron chi connectivity index (χ3n) is 3.67. The molecule has 1 atom stereocenters. The van der Waals surface area contributed by atoms with Crippen LogP contribution in [0.5, 0.6) is 0 Å². The van der Waals surface area contributed by atoms with Gasteiger partial charge in [-0.1, -0.05) is 42.6 Å². The molecule has 1 nitrogen and oxygen atoms in total. The zero-order valence-electron chi connectivity index (χ0n) is 11.5. The van der Waals surface area contributed by atoms with Gasteiger partial charge < -0.3 is 0 Å². The summed E-state index contributed by atoms with van der Waals surface area (Å²) in [4.78, 5) is 3.95. The summed E-state index contributed by atoms with van der Waals surface area (Å²) < 4.78 is 37.5. The van der Waals surface area contributed by atoms with Crippen molar-refractivity contribution in [3.05, 3.63) is 65.5 Å². The fraction of sp³-hybridized carbons (Fsp3) is 0.188. The number of nitrogens with zero attached hydrogens (tertiary/aromatic N) is 1. The third-order valence-corrected chi connectivity index (χ3v) is 3.67. The van der Waals surface area contributed by atoms with Crippen LogP contribution in [0.4, 0.5) is 13.2 Å². The molecular formula is C16H13BF3N. The first kappa shape index (κ1) is 13.9. The van der Waals surface area contributed by atoms with Crippen LogP contribution in [0, 0.1) is 0 Å². The summed E-state index contributed by atoms with van der Waals surface area (Å²) in [6.07, 6.45) is -1.40. The Bertz CT molecular complexity index is 689. The smallest absolute Gasteiger partial charge is 0.260 e. The van der Waals surface area contributed by atoms with Crippen LogP contribution >= 0.6 is 0 Å². The van der Waals surface area contributed by atoms with Crippen molar-refractivity contribution in [1.29, 1.82) is 0 Å². The molecule has 1 aromatic heterocycles. The van der Waals surface area contributed by atoms with Gasteiger partial charge in [-0.3, -0.25) is 4.98 Å². The first-order valence-electron chi connectivity index (χ1n) is 6.83. The highest BCUT2D eigenvalue weighted by Crippen LogP contribution is 2.45. The quantitative estimate of drug-likeness (QED) is 0.788. The largest absolute Gasteiger partial charge is 0.417 e. The van der Waals surface area contributed by atoms with Crippen molar-refractivity contribution >= 4 is 18.3 Å². The molecule has 1 aromatic carbocycles. The van der Waals surface area contributed by atoms with Crippen molar-refractivity contribution in [2.45, 2.75) is 18.9 Å². The predicted molar refractivity (Wildman–Crippen MR) is 79.0 cm³/mol. The molecule has 0 saturated heterocycles. The average molecular weight is 287 g/mol. The molecule has 0 bridgehead atoms. The Morgan fingerprint density at radius 1 is 1.14 bits per heavy atom. The van der Waals surface area contributed by atoms with Gasteiger partial charge in [0.05, 0.1) is 11.3 Å². The number of rotatable bonds is 3. The van der Waals surface area contributed by atoms with Crippen molar-refractivity contribution in [2.75, 3.05) is 0 Å². The molecule has 5 heteroatoms. The number of aromatic nitrogens is 1. The predicted octanol–water partition coefficient (Wildman–Crippen LogP) is 3.39. The normalized spacial score (nSPS) is 17.3. The second kappa shape index (κ2) is 5.06. The minimum absolute atomic E-state index is 0.0411. The summed E-state index contributed by atoms with van der Waals surface area (Å²) >= 11 is 0. The van der Waals surface area contributed by atoms with E-state index in [2.05, 4.69) is 23.9 Å². The molecule has 106 valence electrons. The van der Waals surface area contributed by atoms with Crippen molar-refractivity contribution in [3.63, 3.8) is 0 Å². The standard InChI is InChI=1S/C16H13BF3N/c1-17-12-4-2-3-10(7-12)13-8-14(13)15-6-5-11(9-21-15)16(18,19)20/h2-9,14,17H,1H3. The van der Waals surface area contributed by atoms with E-state index in [4.69, 9.17) is 0 Å². The lowest BCUT2D eigenvalue weighted by molar-refractivity contribution is -0.137. The average Bonchev–Trinajstić information content (AvgIpc) is 3.27. The highest BCUT2D eigenvalue weighted by Gasteiger charge is 2.33. The van der Waals surface area contributed by atoms with Crippen LogP contribution in [0.2, 0.25) is 6.82 Å². The number of halogens is 3. The fourth-order valence-electron chi connectivity index (χ4n) is 2.38. The molecule has 0 amide bonds. The minimum Gasteiger partial charge on any atom is -0.260 e. The van der Waals surface area contributed by atoms with Crippen molar-refractivity contribution in [2.24, 2.45) is 0 Å².